The first-order valence-electron chi connectivity index (χ1n) is 7.27. The van der Waals surface area contributed by atoms with Crippen LogP contribution in [0.2, 0.25) is 0 Å². The highest BCUT2D eigenvalue weighted by molar-refractivity contribution is 7.88. The van der Waals surface area contributed by atoms with Crippen molar-refractivity contribution in [2.24, 2.45) is 0 Å². The van der Waals surface area contributed by atoms with E-state index in [0.29, 0.717) is 6.42 Å². The number of hydrogen-bond donors (Lipinski definition) is 2. The number of rotatable bonds is 4. The van der Waals surface area contributed by atoms with Crippen LogP contribution in [0.25, 0.3) is 0 Å². The van der Waals surface area contributed by atoms with Crippen molar-refractivity contribution in [3.63, 3.8) is 0 Å². The molecule has 0 saturated heterocycles. The fourth-order valence-electron chi connectivity index (χ4n) is 2.93. The van der Waals surface area contributed by atoms with Crippen molar-refractivity contribution < 1.29 is 13.5 Å². The van der Waals surface area contributed by atoms with Crippen LogP contribution in [0.4, 0.5) is 0 Å². The summed E-state index contributed by atoms with van der Waals surface area (Å²) in [4.78, 5) is 0. The first-order chi connectivity index (χ1) is 10.5. The predicted molar refractivity (Wildman–Crippen MR) is 85.8 cm³/mol. The van der Waals surface area contributed by atoms with E-state index in [9.17, 15) is 13.5 Å². The fourth-order valence-corrected chi connectivity index (χ4v) is 4.42. The Hall–Kier alpha value is -1.69. The Balaban J connectivity index is 1.82. The molecule has 0 heterocycles. The molecule has 0 amide bonds. The first-order valence-corrected chi connectivity index (χ1v) is 8.92. The normalized spacial score (nSPS) is 20.8. The van der Waals surface area contributed by atoms with E-state index in [-0.39, 0.29) is 5.75 Å². The van der Waals surface area contributed by atoms with Crippen LogP contribution >= 0.6 is 0 Å². The topological polar surface area (TPSA) is 66.4 Å². The van der Waals surface area contributed by atoms with Gasteiger partial charge in [-0.25, -0.2) is 13.1 Å². The van der Waals surface area contributed by atoms with Crippen LogP contribution in [0.5, 0.6) is 0 Å². The molecule has 0 spiro atoms. The third kappa shape index (κ3) is 3.06. The van der Waals surface area contributed by atoms with Gasteiger partial charge in [0.15, 0.2) is 0 Å². The summed E-state index contributed by atoms with van der Waals surface area (Å²) in [5, 5.41) is 10.2. The van der Waals surface area contributed by atoms with Crippen LogP contribution < -0.4 is 4.72 Å². The summed E-state index contributed by atoms with van der Waals surface area (Å²) >= 11 is 0. The minimum atomic E-state index is -3.53. The van der Waals surface area contributed by atoms with Crippen molar-refractivity contribution in [3.8, 4) is 0 Å². The highest BCUT2D eigenvalue weighted by Crippen LogP contribution is 2.32. The molecule has 22 heavy (non-hydrogen) atoms. The van der Waals surface area contributed by atoms with Gasteiger partial charge in [-0.2, -0.15) is 0 Å². The van der Waals surface area contributed by atoms with E-state index in [1.54, 1.807) is 0 Å². The minimum Gasteiger partial charge on any atom is -0.391 e. The smallest absolute Gasteiger partial charge is 0.216 e. The molecule has 0 saturated carbocycles. The van der Waals surface area contributed by atoms with Crippen LogP contribution in [0.1, 0.15) is 28.3 Å². The van der Waals surface area contributed by atoms with Crippen molar-refractivity contribution in [1.29, 1.82) is 0 Å². The quantitative estimate of drug-likeness (QED) is 0.907. The number of sulfonamides is 1. The number of hydrogen-bond acceptors (Lipinski definition) is 3. The molecular formula is C17H19NO3S. The lowest BCUT2D eigenvalue weighted by molar-refractivity contribution is 0.151. The number of aliphatic hydroxyl groups excluding tert-OH is 1. The average Bonchev–Trinajstić information content (AvgIpc) is 2.77. The van der Waals surface area contributed by atoms with Crippen molar-refractivity contribution in [2.75, 3.05) is 0 Å². The van der Waals surface area contributed by atoms with E-state index in [1.807, 2.05) is 55.5 Å². The SMILES string of the molecule is Cc1ccccc1CS(=O)(=O)N[C@@H]1c2ccccc2C[C@H]1O. The maximum absolute atomic E-state index is 12.4. The summed E-state index contributed by atoms with van der Waals surface area (Å²) in [5.74, 6) is -0.0783. The Morgan fingerprint density at radius 3 is 2.59 bits per heavy atom. The zero-order valence-corrected chi connectivity index (χ0v) is 13.2. The fraction of sp³-hybridized carbons (Fsp3) is 0.294. The third-order valence-electron chi connectivity index (χ3n) is 4.12. The third-order valence-corrected chi connectivity index (χ3v) is 5.42. The van der Waals surface area contributed by atoms with Gasteiger partial charge in [0.25, 0.3) is 0 Å². The summed E-state index contributed by atoms with van der Waals surface area (Å²) in [5.41, 5.74) is 3.58. The number of aliphatic hydroxyl groups is 1. The van der Waals surface area contributed by atoms with Crippen molar-refractivity contribution in [1.82, 2.24) is 4.72 Å². The molecule has 0 fully saturated rings. The highest BCUT2D eigenvalue weighted by Gasteiger charge is 2.33. The second kappa shape index (κ2) is 5.83. The van der Waals surface area contributed by atoms with E-state index in [1.165, 1.54) is 0 Å². The van der Waals surface area contributed by atoms with E-state index in [2.05, 4.69) is 4.72 Å². The molecule has 0 unspecified atom stereocenters. The Kier molecular flexibility index (Phi) is 4.04. The second-order valence-electron chi connectivity index (χ2n) is 5.75. The molecular weight excluding hydrogens is 298 g/mol. The molecule has 0 aromatic heterocycles. The molecule has 1 aliphatic carbocycles. The molecule has 2 aromatic rings. The van der Waals surface area contributed by atoms with Gasteiger partial charge in [0.05, 0.1) is 17.9 Å². The second-order valence-corrected chi connectivity index (χ2v) is 7.51. The molecule has 3 rings (SSSR count). The monoisotopic (exact) mass is 317 g/mol. The molecule has 4 nitrogen and oxygen atoms in total. The Morgan fingerprint density at radius 1 is 1.14 bits per heavy atom. The average molecular weight is 317 g/mol. The molecule has 2 N–H and O–H groups in total. The minimum absolute atomic E-state index is 0.0783. The van der Waals surface area contributed by atoms with Crippen LogP contribution in [-0.2, 0) is 22.2 Å². The van der Waals surface area contributed by atoms with Crippen molar-refractivity contribution >= 4 is 10.0 Å². The van der Waals surface area contributed by atoms with Gasteiger partial charge in [-0.1, -0.05) is 48.5 Å². The maximum Gasteiger partial charge on any atom is 0.216 e. The summed E-state index contributed by atoms with van der Waals surface area (Å²) < 4.78 is 27.5. The lowest BCUT2D eigenvalue weighted by Crippen LogP contribution is -2.34. The molecule has 0 aliphatic heterocycles. The number of benzene rings is 2. The predicted octanol–water partition coefficient (Wildman–Crippen LogP) is 2.07. The van der Waals surface area contributed by atoms with Gasteiger partial charge in [-0.05, 0) is 29.2 Å². The Labute approximate surface area is 130 Å². The zero-order valence-electron chi connectivity index (χ0n) is 12.4. The Bertz CT molecular complexity index is 786. The van der Waals surface area contributed by atoms with E-state index < -0.39 is 22.2 Å². The van der Waals surface area contributed by atoms with Crippen LogP contribution in [-0.4, -0.2) is 19.6 Å². The summed E-state index contributed by atoms with van der Waals surface area (Å²) in [7, 11) is -3.53. The van der Waals surface area contributed by atoms with Gasteiger partial charge in [-0.15, -0.1) is 0 Å². The number of aryl methyl sites for hydroxylation is 1. The number of nitrogens with one attached hydrogen (secondary N) is 1. The van der Waals surface area contributed by atoms with Gasteiger partial charge < -0.3 is 5.11 Å². The molecule has 0 radical (unpaired) electrons. The van der Waals surface area contributed by atoms with Gasteiger partial charge in [0, 0.05) is 6.42 Å². The standard InChI is InChI=1S/C17H19NO3S/c1-12-6-2-3-8-14(12)11-22(20,21)18-17-15-9-5-4-7-13(15)10-16(17)19/h2-9,16-19H,10-11H2,1H3/t16-,17-/m1/s1. The molecule has 0 bridgehead atoms. The van der Waals surface area contributed by atoms with E-state index in [0.717, 1.165) is 22.3 Å². The van der Waals surface area contributed by atoms with Gasteiger partial charge in [0.2, 0.25) is 10.0 Å². The highest BCUT2D eigenvalue weighted by atomic mass is 32.2. The lowest BCUT2D eigenvalue weighted by atomic mass is 10.1. The van der Waals surface area contributed by atoms with Crippen molar-refractivity contribution in [3.05, 3.63) is 70.8 Å². The van der Waals surface area contributed by atoms with E-state index >= 15 is 0 Å². The zero-order chi connectivity index (χ0) is 15.7. The van der Waals surface area contributed by atoms with Crippen LogP contribution in [0, 0.1) is 6.92 Å². The molecule has 116 valence electrons. The maximum atomic E-state index is 12.4. The van der Waals surface area contributed by atoms with Gasteiger partial charge >= 0.3 is 0 Å². The molecule has 2 aromatic carbocycles. The summed E-state index contributed by atoms with van der Waals surface area (Å²) in [6.07, 6.45) is -0.239. The van der Waals surface area contributed by atoms with Gasteiger partial charge in [-0.3, -0.25) is 0 Å². The van der Waals surface area contributed by atoms with Crippen LogP contribution in [0.3, 0.4) is 0 Å². The van der Waals surface area contributed by atoms with E-state index in [4.69, 9.17) is 0 Å². The summed E-state index contributed by atoms with van der Waals surface area (Å²) in [6.45, 7) is 1.89. The number of fused-ring (bicyclic) bond motifs is 1. The van der Waals surface area contributed by atoms with Crippen LogP contribution in [0.15, 0.2) is 48.5 Å². The first kappa shape index (κ1) is 15.2. The Morgan fingerprint density at radius 2 is 1.82 bits per heavy atom. The summed E-state index contributed by atoms with van der Waals surface area (Å²) in [6, 6.07) is 14.4. The molecule has 5 heteroatoms. The lowest BCUT2D eigenvalue weighted by Gasteiger charge is -2.18. The van der Waals surface area contributed by atoms with Crippen molar-refractivity contribution in [2.45, 2.75) is 31.2 Å². The molecule has 2 atom stereocenters. The van der Waals surface area contributed by atoms with Gasteiger partial charge in [0.1, 0.15) is 0 Å². The molecule has 1 aliphatic rings. The largest absolute Gasteiger partial charge is 0.391 e.